The molecular weight excluding hydrogens is 509 g/mol. The quantitative estimate of drug-likeness (QED) is 0.200. The minimum Gasteiger partial charge on any atom is -0.0808 e. The van der Waals surface area contributed by atoms with Gasteiger partial charge in [0.05, 0.1) is 8.07 Å². The van der Waals surface area contributed by atoms with Crippen molar-refractivity contribution in [2.24, 2.45) is 35.5 Å². The Labute approximate surface area is 251 Å². The summed E-state index contributed by atoms with van der Waals surface area (Å²) in [7, 11) is -1.70. The third kappa shape index (κ3) is 5.44. The van der Waals surface area contributed by atoms with E-state index in [2.05, 4.69) is 124 Å². The second kappa shape index (κ2) is 12.5. The van der Waals surface area contributed by atoms with Gasteiger partial charge in [-0.2, -0.15) is 0 Å². The highest BCUT2D eigenvalue weighted by Crippen LogP contribution is 2.66. The van der Waals surface area contributed by atoms with Crippen molar-refractivity contribution in [3.8, 4) is 0 Å². The first-order valence-corrected chi connectivity index (χ1v) is 19.8. The van der Waals surface area contributed by atoms with E-state index in [0.717, 1.165) is 22.9 Å². The lowest BCUT2D eigenvalue weighted by Crippen LogP contribution is -2.48. The highest BCUT2D eigenvalue weighted by molar-refractivity contribution is 6.81. The number of allylic oxidation sites excluding steroid dienone is 8. The lowest BCUT2D eigenvalue weighted by molar-refractivity contribution is 0.485. The van der Waals surface area contributed by atoms with Crippen molar-refractivity contribution in [3.05, 3.63) is 108 Å². The van der Waals surface area contributed by atoms with E-state index in [1.807, 2.05) is 0 Å². The van der Waals surface area contributed by atoms with Crippen LogP contribution in [-0.4, -0.2) is 8.07 Å². The summed E-state index contributed by atoms with van der Waals surface area (Å²) in [6.45, 7) is 10.5. The lowest BCUT2D eigenvalue weighted by Gasteiger charge is -2.48. The van der Waals surface area contributed by atoms with Gasteiger partial charge in [0, 0.05) is 0 Å². The zero-order valence-corrected chi connectivity index (χ0v) is 27.0. The standard InChI is InChI=1S/C40H52Si/c1-5-6-7-8-15-26-41(4,39-29(2)27-37-33(22-16-24-35(37)39)31-18-11-9-12-19-31)40-30(3)28-38-34(23-17-25-36(38)40)32-20-13-10-14-21-32/h9-14,16-25,29-30,35-40H,5-8,15,26-28H2,1-4H3. The van der Waals surface area contributed by atoms with Gasteiger partial charge in [-0.05, 0) is 81.7 Å². The number of unbranched alkanes of at least 4 members (excludes halogenated alkanes) is 4. The van der Waals surface area contributed by atoms with Crippen LogP contribution in [0.25, 0.3) is 11.1 Å². The summed E-state index contributed by atoms with van der Waals surface area (Å²) < 4.78 is 0. The molecule has 6 rings (SSSR count). The van der Waals surface area contributed by atoms with E-state index in [1.165, 1.54) is 62.1 Å². The second-order valence-electron chi connectivity index (χ2n) is 14.3. The molecule has 0 bridgehead atoms. The molecule has 0 radical (unpaired) electrons. The van der Waals surface area contributed by atoms with E-state index in [-0.39, 0.29) is 0 Å². The summed E-state index contributed by atoms with van der Waals surface area (Å²) in [5.41, 5.74) is 7.85. The Morgan fingerprint density at radius 2 is 1.10 bits per heavy atom. The van der Waals surface area contributed by atoms with Gasteiger partial charge in [-0.3, -0.25) is 0 Å². The van der Waals surface area contributed by atoms with Gasteiger partial charge in [-0.15, -0.1) is 0 Å². The Morgan fingerprint density at radius 1 is 0.634 bits per heavy atom. The molecule has 0 N–H and O–H groups in total. The van der Waals surface area contributed by atoms with Crippen LogP contribution in [0.15, 0.2) is 97.1 Å². The molecule has 2 saturated carbocycles. The predicted molar refractivity (Wildman–Crippen MR) is 181 cm³/mol. The van der Waals surface area contributed by atoms with E-state index in [9.17, 15) is 0 Å². The van der Waals surface area contributed by atoms with E-state index in [1.54, 1.807) is 11.1 Å². The van der Waals surface area contributed by atoms with E-state index in [0.29, 0.717) is 23.7 Å². The van der Waals surface area contributed by atoms with E-state index >= 15 is 0 Å². The minimum absolute atomic E-state index is 0.684. The van der Waals surface area contributed by atoms with Gasteiger partial charge >= 0.3 is 0 Å². The van der Waals surface area contributed by atoms with Crippen molar-refractivity contribution >= 4 is 19.2 Å². The molecule has 4 aliphatic carbocycles. The third-order valence-corrected chi connectivity index (χ3v) is 18.2. The molecule has 2 aromatic carbocycles. The fourth-order valence-electron chi connectivity index (χ4n) is 10.4. The molecule has 216 valence electrons. The maximum atomic E-state index is 2.91. The molecule has 8 atom stereocenters. The highest BCUT2D eigenvalue weighted by atomic mass is 28.3. The van der Waals surface area contributed by atoms with Crippen molar-refractivity contribution < 1.29 is 0 Å². The zero-order valence-electron chi connectivity index (χ0n) is 26.0. The molecule has 2 aromatic rings. The van der Waals surface area contributed by atoms with E-state index in [4.69, 9.17) is 0 Å². The monoisotopic (exact) mass is 560 g/mol. The van der Waals surface area contributed by atoms with Crippen molar-refractivity contribution in [2.45, 2.75) is 89.4 Å². The van der Waals surface area contributed by atoms with Gasteiger partial charge in [0.1, 0.15) is 0 Å². The van der Waals surface area contributed by atoms with Gasteiger partial charge < -0.3 is 0 Å². The van der Waals surface area contributed by atoms with Crippen LogP contribution >= 0.6 is 0 Å². The van der Waals surface area contributed by atoms with Crippen LogP contribution in [0, 0.1) is 35.5 Å². The molecule has 2 fully saturated rings. The third-order valence-electron chi connectivity index (χ3n) is 11.8. The molecule has 1 heteroatoms. The highest BCUT2D eigenvalue weighted by Gasteiger charge is 2.59. The minimum atomic E-state index is -1.70. The first-order chi connectivity index (χ1) is 20.0. The summed E-state index contributed by atoms with van der Waals surface area (Å²) in [5.74, 6) is 4.39. The molecule has 4 aliphatic rings. The first-order valence-electron chi connectivity index (χ1n) is 16.9. The van der Waals surface area contributed by atoms with Crippen LogP contribution in [0.3, 0.4) is 0 Å². The second-order valence-corrected chi connectivity index (χ2v) is 19.1. The molecule has 0 amide bonds. The summed E-state index contributed by atoms with van der Waals surface area (Å²) in [6, 6.07) is 24.1. The molecule has 41 heavy (non-hydrogen) atoms. The normalized spacial score (nSPS) is 33.6. The van der Waals surface area contributed by atoms with Crippen molar-refractivity contribution in [1.82, 2.24) is 0 Å². The summed E-state index contributed by atoms with van der Waals surface area (Å²) >= 11 is 0. The Balaban J connectivity index is 1.34. The SMILES string of the molecule is CCCCCCC[Si](C)(C1C(C)CC2C(c3ccccc3)=CC=CC21)C1C(C)CC2C(c3ccccc3)=CC=CC21. The van der Waals surface area contributed by atoms with Crippen LogP contribution < -0.4 is 0 Å². The Kier molecular flexibility index (Phi) is 8.73. The zero-order chi connectivity index (χ0) is 28.4. The van der Waals surface area contributed by atoms with Gasteiger partial charge in [0.25, 0.3) is 0 Å². The molecule has 0 nitrogen and oxygen atoms in total. The van der Waals surface area contributed by atoms with Gasteiger partial charge in [-0.1, -0.05) is 163 Å². The number of benzene rings is 2. The number of fused-ring (bicyclic) bond motifs is 2. The average molecular weight is 561 g/mol. The Morgan fingerprint density at radius 3 is 1.56 bits per heavy atom. The summed E-state index contributed by atoms with van der Waals surface area (Å²) in [4.78, 5) is 0. The first kappa shape index (κ1) is 28.7. The molecule has 0 spiro atoms. The van der Waals surface area contributed by atoms with Crippen molar-refractivity contribution in [2.75, 3.05) is 0 Å². The average Bonchev–Trinajstić information content (AvgIpc) is 3.53. The Hall–Kier alpha value is -2.38. The van der Waals surface area contributed by atoms with Crippen LogP contribution in [0.4, 0.5) is 0 Å². The van der Waals surface area contributed by atoms with E-state index < -0.39 is 8.07 Å². The number of rotatable bonds is 10. The fourth-order valence-corrected chi connectivity index (χ4v) is 17.8. The van der Waals surface area contributed by atoms with Gasteiger partial charge in [-0.25, -0.2) is 0 Å². The molecule has 0 aliphatic heterocycles. The summed E-state index contributed by atoms with van der Waals surface area (Å²) in [5, 5.41) is 0. The number of hydrogen-bond donors (Lipinski definition) is 0. The van der Waals surface area contributed by atoms with Crippen molar-refractivity contribution in [1.29, 1.82) is 0 Å². The lowest BCUT2D eigenvalue weighted by atomic mass is 9.81. The largest absolute Gasteiger partial charge is 0.0808 e. The molecule has 0 aromatic heterocycles. The maximum Gasteiger partial charge on any atom is 0.0584 e. The number of hydrogen-bond acceptors (Lipinski definition) is 0. The molecule has 0 saturated heterocycles. The smallest absolute Gasteiger partial charge is 0.0584 e. The van der Waals surface area contributed by atoms with Crippen LogP contribution in [0.2, 0.25) is 23.7 Å². The molecule has 8 unspecified atom stereocenters. The van der Waals surface area contributed by atoms with Crippen LogP contribution in [-0.2, 0) is 0 Å². The topological polar surface area (TPSA) is 0 Å². The van der Waals surface area contributed by atoms with Gasteiger partial charge in [0.15, 0.2) is 0 Å². The summed E-state index contributed by atoms with van der Waals surface area (Å²) in [6.07, 6.45) is 24.8. The van der Waals surface area contributed by atoms with Gasteiger partial charge in [0.2, 0.25) is 0 Å². The molecular formula is C40H52Si. The fraction of sp³-hybridized carbons (Fsp3) is 0.500. The van der Waals surface area contributed by atoms with Crippen LogP contribution in [0.5, 0.6) is 0 Å². The Bertz CT molecular complexity index is 1190. The van der Waals surface area contributed by atoms with Crippen LogP contribution in [0.1, 0.15) is 76.8 Å². The molecule has 0 heterocycles. The predicted octanol–water partition coefficient (Wildman–Crippen LogP) is 11.6. The van der Waals surface area contributed by atoms with Crippen molar-refractivity contribution in [3.63, 3.8) is 0 Å². The maximum absolute atomic E-state index is 2.91.